The van der Waals surface area contributed by atoms with E-state index < -0.39 is 20.0 Å². The second kappa shape index (κ2) is 8.09. The van der Waals surface area contributed by atoms with Gasteiger partial charge in [0.25, 0.3) is 0 Å². The van der Waals surface area contributed by atoms with Crippen LogP contribution in [0, 0.1) is 0 Å². The van der Waals surface area contributed by atoms with E-state index in [4.69, 9.17) is 22.1 Å². The molecule has 0 amide bonds. The van der Waals surface area contributed by atoms with E-state index in [1.165, 1.54) is 0 Å². The lowest BCUT2D eigenvalue weighted by Crippen LogP contribution is -2.59. The Morgan fingerprint density at radius 1 is 1.11 bits per heavy atom. The zero-order chi connectivity index (χ0) is 20.4. The summed E-state index contributed by atoms with van der Waals surface area (Å²) in [6.07, 6.45) is 3.64. The molecule has 1 aliphatic rings. The molecular weight excluding hydrogens is 396 g/mol. The van der Waals surface area contributed by atoms with E-state index >= 15 is 0 Å². The van der Waals surface area contributed by atoms with Crippen LogP contribution in [0.4, 0.5) is 5.69 Å². The molecule has 0 saturated carbocycles. The molecule has 2 aromatic carbocycles. The van der Waals surface area contributed by atoms with E-state index in [1.807, 2.05) is 43.3 Å². The largest absolute Gasteiger partial charge is 0.457 e. The fraction of sp³-hybridized carbons (Fsp3) is 0.238. The number of sulfonamides is 1. The van der Waals surface area contributed by atoms with E-state index in [2.05, 4.69) is 0 Å². The predicted octanol–water partition coefficient (Wildman–Crippen LogP) is 4.50. The van der Waals surface area contributed by atoms with Gasteiger partial charge in [-0.3, -0.25) is 0 Å². The van der Waals surface area contributed by atoms with Crippen LogP contribution in [0.3, 0.4) is 0 Å². The number of para-hydroxylation sites is 1. The normalized spacial score (nSPS) is 22.4. The average molecular weight is 420 g/mol. The Labute approximate surface area is 171 Å². The SMILES string of the molecule is CCS(=O)(=O)[N+]1(c2cccc(Oc3ccccc3)c2)C(Cl)=C(CN)C=CC1C. The van der Waals surface area contributed by atoms with Gasteiger partial charge in [-0.25, -0.2) is 0 Å². The van der Waals surface area contributed by atoms with Gasteiger partial charge in [-0.1, -0.05) is 24.3 Å². The van der Waals surface area contributed by atoms with Gasteiger partial charge < -0.3 is 10.5 Å². The van der Waals surface area contributed by atoms with Gasteiger partial charge in [-0.05, 0) is 55.8 Å². The predicted molar refractivity (Wildman–Crippen MR) is 115 cm³/mol. The van der Waals surface area contributed by atoms with Gasteiger partial charge >= 0.3 is 10.0 Å². The smallest absolute Gasteiger partial charge is 0.307 e. The quantitative estimate of drug-likeness (QED) is 0.552. The molecule has 1 heterocycles. The van der Waals surface area contributed by atoms with E-state index in [-0.39, 0.29) is 17.5 Å². The van der Waals surface area contributed by atoms with Crippen LogP contribution in [-0.4, -0.2) is 26.8 Å². The lowest BCUT2D eigenvalue weighted by molar-refractivity contribution is 0.440. The van der Waals surface area contributed by atoms with Gasteiger partial charge in [0.15, 0.2) is 5.69 Å². The summed E-state index contributed by atoms with van der Waals surface area (Å²) in [5.41, 5.74) is 6.95. The Bertz CT molecular complexity index is 1020. The van der Waals surface area contributed by atoms with Crippen molar-refractivity contribution < 1.29 is 13.2 Å². The number of benzene rings is 2. The third-order valence-corrected chi connectivity index (χ3v) is 7.85. The molecule has 148 valence electrons. The minimum absolute atomic E-state index is 0.0664. The molecule has 2 atom stereocenters. The van der Waals surface area contributed by atoms with Crippen molar-refractivity contribution in [2.24, 2.45) is 5.73 Å². The van der Waals surface area contributed by atoms with Crippen molar-refractivity contribution in [3.8, 4) is 11.5 Å². The van der Waals surface area contributed by atoms with E-state index in [9.17, 15) is 8.42 Å². The topological polar surface area (TPSA) is 69.4 Å². The van der Waals surface area contributed by atoms with Crippen LogP contribution in [0.25, 0.3) is 0 Å². The van der Waals surface area contributed by atoms with Crippen molar-refractivity contribution in [1.82, 2.24) is 3.89 Å². The molecule has 2 N–H and O–H groups in total. The first kappa shape index (κ1) is 20.6. The van der Waals surface area contributed by atoms with Gasteiger partial charge in [0.1, 0.15) is 17.5 Å². The highest BCUT2D eigenvalue weighted by Crippen LogP contribution is 2.44. The number of halogens is 1. The maximum Gasteiger partial charge on any atom is 0.307 e. The highest BCUT2D eigenvalue weighted by Gasteiger charge is 2.52. The fourth-order valence-electron chi connectivity index (χ4n) is 3.46. The standard InChI is InChI=1S/C21H24ClN2O3S/c1-3-28(25,26)24(16(2)12-13-17(15-23)21(24)22)18-8-7-11-20(14-18)27-19-9-5-4-6-10-19/h4-14,16H,3,15,23H2,1-2H3/q+1. The Hall–Kier alpha value is -2.12. The molecular formula is C21H24ClN2O3S+. The maximum absolute atomic E-state index is 13.4. The summed E-state index contributed by atoms with van der Waals surface area (Å²) in [7, 11) is -3.68. The Morgan fingerprint density at radius 2 is 1.79 bits per heavy atom. The molecule has 2 unspecified atom stereocenters. The fourth-order valence-corrected chi connectivity index (χ4v) is 5.94. The number of quaternary nitrogens is 1. The summed E-state index contributed by atoms with van der Waals surface area (Å²) in [4.78, 5) is 0. The second-order valence-electron chi connectivity index (χ2n) is 6.56. The molecule has 0 aliphatic carbocycles. The third-order valence-electron chi connectivity index (χ3n) is 4.91. The van der Waals surface area contributed by atoms with Crippen LogP contribution in [0.1, 0.15) is 13.8 Å². The van der Waals surface area contributed by atoms with Crippen molar-refractivity contribution >= 4 is 27.3 Å². The van der Waals surface area contributed by atoms with Gasteiger partial charge in [-0.15, -0.1) is 3.89 Å². The Morgan fingerprint density at radius 3 is 2.43 bits per heavy atom. The first-order valence-electron chi connectivity index (χ1n) is 9.09. The van der Waals surface area contributed by atoms with Gasteiger partial charge in [0.05, 0.1) is 5.75 Å². The third kappa shape index (κ3) is 3.37. The Kier molecular flexibility index (Phi) is 5.95. The van der Waals surface area contributed by atoms with Crippen LogP contribution in [0.15, 0.2) is 77.5 Å². The average Bonchev–Trinajstić information content (AvgIpc) is 2.69. The minimum atomic E-state index is -3.68. The minimum Gasteiger partial charge on any atom is -0.457 e. The van der Waals surface area contributed by atoms with Crippen molar-refractivity contribution in [2.45, 2.75) is 19.9 Å². The molecule has 0 saturated heterocycles. The maximum atomic E-state index is 13.4. The summed E-state index contributed by atoms with van der Waals surface area (Å²) in [5, 5.41) is 0.205. The number of ether oxygens (including phenoxy) is 1. The molecule has 7 heteroatoms. The number of rotatable bonds is 6. The lowest BCUT2D eigenvalue weighted by Gasteiger charge is -2.41. The molecule has 1 aliphatic heterocycles. The van der Waals surface area contributed by atoms with Crippen molar-refractivity contribution in [3.63, 3.8) is 0 Å². The van der Waals surface area contributed by atoms with Crippen molar-refractivity contribution in [2.75, 3.05) is 12.3 Å². The van der Waals surface area contributed by atoms with Crippen molar-refractivity contribution in [3.05, 3.63) is 77.5 Å². The van der Waals surface area contributed by atoms with Crippen LogP contribution < -0.4 is 14.4 Å². The summed E-state index contributed by atoms with van der Waals surface area (Å²) in [6, 6.07) is 16.0. The molecule has 0 fully saturated rings. The van der Waals surface area contributed by atoms with Crippen LogP contribution in [0.2, 0.25) is 0 Å². The lowest BCUT2D eigenvalue weighted by atomic mass is 10.1. The van der Waals surface area contributed by atoms with E-state index in [1.54, 1.807) is 37.3 Å². The van der Waals surface area contributed by atoms with E-state index in [0.717, 1.165) is 0 Å². The summed E-state index contributed by atoms with van der Waals surface area (Å²) in [5.74, 6) is 1.14. The number of nitrogens with two attached hydrogens (primary N) is 1. The molecule has 5 nitrogen and oxygen atoms in total. The van der Waals surface area contributed by atoms with E-state index in [0.29, 0.717) is 22.8 Å². The molecule has 0 aromatic heterocycles. The van der Waals surface area contributed by atoms with Crippen LogP contribution in [0.5, 0.6) is 11.5 Å². The molecule has 0 spiro atoms. The molecule has 2 aromatic rings. The first-order chi connectivity index (χ1) is 13.4. The van der Waals surface area contributed by atoms with Gasteiger partial charge in [0.2, 0.25) is 5.16 Å². The summed E-state index contributed by atoms with van der Waals surface area (Å²) < 4.78 is 32.2. The zero-order valence-corrected chi connectivity index (χ0v) is 17.5. The molecule has 3 rings (SSSR count). The molecule has 28 heavy (non-hydrogen) atoms. The Balaban J connectivity index is 2.20. The van der Waals surface area contributed by atoms with Crippen LogP contribution >= 0.6 is 11.6 Å². The first-order valence-corrected chi connectivity index (χ1v) is 11.1. The monoisotopic (exact) mass is 419 g/mol. The highest BCUT2D eigenvalue weighted by molar-refractivity contribution is 7.91. The van der Waals surface area contributed by atoms with Gasteiger partial charge in [0, 0.05) is 24.3 Å². The highest BCUT2D eigenvalue weighted by atomic mass is 35.5. The van der Waals surface area contributed by atoms with Crippen molar-refractivity contribution in [1.29, 1.82) is 0 Å². The van der Waals surface area contributed by atoms with Crippen LogP contribution in [-0.2, 0) is 10.0 Å². The number of nitrogens with zero attached hydrogens (tertiary/aromatic N) is 1. The number of hydrogen-bond acceptors (Lipinski definition) is 4. The number of hydrogen-bond donors (Lipinski definition) is 1. The van der Waals surface area contributed by atoms with Gasteiger partial charge in [-0.2, -0.15) is 8.42 Å². The summed E-state index contributed by atoms with van der Waals surface area (Å²) in [6.45, 7) is 3.61. The zero-order valence-electron chi connectivity index (χ0n) is 15.9. The molecule has 0 bridgehead atoms. The summed E-state index contributed by atoms with van der Waals surface area (Å²) >= 11 is 6.71. The second-order valence-corrected chi connectivity index (χ2v) is 9.24. The molecule has 0 radical (unpaired) electrons.